The van der Waals surface area contributed by atoms with Crippen LogP contribution in [0.5, 0.6) is 0 Å². The van der Waals surface area contributed by atoms with Crippen LogP contribution in [-0.4, -0.2) is 61.4 Å². The first-order valence-electron chi connectivity index (χ1n) is 9.64. The highest BCUT2D eigenvalue weighted by molar-refractivity contribution is 5.93. The Morgan fingerprint density at radius 1 is 1.17 bits per heavy atom. The van der Waals surface area contributed by atoms with Gasteiger partial charge < -0.3 is 20.3 Å². The highest BCUT2D eigenvalue weighted by atomic mass is 16.5. The molecule has 2 N–H and O–H groups in total. The van der Waals surface area contributed by atoms with E-state index in [0.29, 0.717) is 31.2 Å². The van der Waals surface area contributed by atoms with Crippen molar-refractivity contribution in [3.63, 3.8) is 0 Å². The molecule has 0 radical (unpaired) electrons. The van der Waals surface area contributed by atoms with Crippen molar-refractivity contribution in [2.24, 2.45) is 4.99 Å². The normalized spacial score (nSPS) is 11.4. The second kappa shape index (κ2) is 10.6. The third kappa shape index (κ3) is 6.05. The quantitative estimate of drug-likeness (QED) is 0.521. The Bertz CT molecular complexity index is 840. The number of aromatic nitrogens is 2. The van der Waals surface area contributed by atoms with Gasteiger partial charge in [0.2, 0.25) is 0 Å². The number of guanidine groups is 1. The van der Waals surface area contributed by atoms with Crippen molar-refractivity contribution in [1.29, 1.82) is 0 Å². The van der Waals surface area contributed by atoms with Gasteiger partial charge in [0.05, 0.1) is 18.8 Å². The summed E-state index contributed by atoms with van der Waals surface area (Å²) in [4.78, 5) is 17.8. The second-order valence-electron chi connectivity index (χ2n) is 7.04. The number of benzene rings is 1. The highest BCUT2D eigenvalue weighted by Gasteiger charge is 2.12. The topological polar surface area (TPSA) is 83.8 Å². The Balaban J connectivity index is 1.92. The van der Waals surface area contributed by atoms with Crippen molar-refractivity contribution in [2.45, 2.75) is 33.5 Å². The van der Waals surface area contributed by atoms with Gasteiger partial charge in [-0.25, -0.2) is 0 Å². The molecule has 0 spiro atoms. The molecular formula is C21H32N6O2. The Hall–Kier alpha value is -2.87. The van der Waals surface area contributed by atoms with Gasteiger partial charge in [-0.05, 0) is 31.5 Å². The van der Waals surface area contributed by atoms with E-state index in [1.54, 1.807) is 33.2 Å². The third-order valence-corrected chi connectivity index (χ3v) is 4.76. The molecule has 1 heterocycles. The van der Waals surface area contributed by atoms with Crippen LogP contribution in [0.2, 0.25) is 0 Å². The molecule has 0 aliphatic rings. The van der Waals surface area contributed by atoms with Gasteiger partial charge in [0, 0.05) is 58.2 Å². The molecule has 0 aliphatic carbocycles. The van der Waals surface area contributed by atoms with Crippen LogP contribution < -0.4 is 10.6 Å². The van der Waals surface area contributed by atoms with Crippen LogP contribution in [0, 0.1) is 13.8 Å². The Morgan fingerprint density at radius 2 is 1.83 bits per heavy atom. The second-order valence-corrected chi connectivity index (χ2v) is 7.04. The summed E-state index contributed by atoms with van der Waals surface area (Å²) in [7, 11) is 6.93. The van der Waals surface area contributed by atoms with Crippen molar-refractivity contribution in [1.82, 2.24) is 25.3 Å². The lowest BCUT2D eigenvalue weighted by atomic mass is 10.1. The maximum absolute atomic E-state index is 12.0. The van der Waals surface area contributed by atoms with Crippen LogP contribution in [0.4, 0.5) is 0 Å². The fraction of sp³-hybridized carbons (Fsp3) is 0.476. The van der Waals surface area contributed by atoms with Gasteiger partial charge in [0.1, 0.15) is 0 Å². The lowest BCUT2D eigenvalue weighted by Crippen LogP contribution is -2.36. The van der Waals surface area contributed by atoms with E-state index < -0.39 is 0 Å². The molecule has 0 unspecified atom stereocenters. The molecule has 1 amide bonds. The van der Waals surface area contributed by atoms with Gasteiger partial charge in [-0.3, -0.25) is 14.5 Å². The average molecular weight is 401 g/mol. The Morgan fingerprint density at radius 3 is 2.41 bits per heavy atom. The standard InChI is InChI=1S/C21H32N6O2/c1-15-19(16(2)27(25-15)11-12-29-6)14-24-21(22-3)23-13-17-7-9-18(10-8-17)20(28)26(4)5/h7-10H,11-14H2,1-6H3,(H2,22,23,24). The molecule has 1 aromatic heterocycles. The van der Waals surface area contributed by atoms with E-state index in [-0.39, 0.29) is 5.91 Å². The molecule has 0 atom stereocenters. The zero-order chi connectivity index (χ0) is 21.4. The molecule has 2 aromatic rings. The zero-order valence-electron chi connectivity index (χ0n) is 18.2. The van der Waals surface area contributed by atoms with Gasteiger partial charge >= 0.3 is 0 Å². The number of aliphatic imine (C=N–C) groups is 1. The maximum Gasteiger partial charge on any atom is 0.253 e. The summed E-state index contributed by atoms with van der Waals surface area (Å²) in [6, 6.07) is 7.59. The maximum atomic E-state index is 12.0. The SMILES string of the molecule is CN=C(NCc1ccc(C(=O)N(C)C)cc1)NCc1c(C)nn(CCOC)c1C. The number of hydrogen-bond acceptors (Lipinski definition) is 4. The molecule has 8 nitrogen and oxygen atoms in total. The first-order valence-corrected chi connectivity index (χ1v) is 9.64. The largest absolute Gasteiger partial charge is 0.383 e. The van der Waals surface area contributed by atoms with Crippen molar-refractivity contribution in [3.05, 3.63) is 52.3 Å². The van der Waals surface area contributed by atoms with Crippen LogP contribution in [0.3, 0.4) is 0 Å². The fourth-order valence-corrected chi connectivity index (χ4v) is 2.99. The highest BCUT2D eigenvalue weighted by Crippen LogP contribution is 2.12. The van der Waals surface area contributed by atoms with Crippen molar-refractivity contribution in [3.8, 4) is 0 Å². The van der Waals surface area contributed by atoms with E-state index >= 15 is 0 Å². The summed E-state index contributed by atoms with van der Waals surface area (Å²) in [6.45, 7) is 6.71. The van der Waals surface area contributed by atoms with Gasteiger partial charge in [0.25, 0.3) is 5.91 Å². The van der Waals surface area contributed by atoms with Crippen molar-refractivity contribution in [2.75, 3.05) is 34.9 Å². The van der Waals surface area contributed by atoms with Gasteiger partial charge in [-0.2, -0.15) is 5.10 Å². The molecule has 0 fully saturated rings. The number of rotatable bonds is 8. The summed E-state index contributed by atoms with van der Waals surface area (Å²) in [5.41, 5.74) is 5.04. The molecule has 0 bridgehead atoms. The van der Waals surface area contributed by atoms with Gasteiger partial charge in [-0.1, -0.05) is 12.1 Å². The Labute approximate surface area is 173 Å². The fourth-order valence-electron chi connectivity index (χ4n) is 2.99. The number of nitrogens with zero attached hydrogens (tertiary/aromatic N) is 4. The number of hydrogen-bond donors (Lipinski definition) is 2. The van der Waals surface area contributed by atoms with Crippen LogP contribution in [-0.2, 0) is 24.4 Å². The van der Waals surface area contributed by atoms with E-state index in [0.717, 1.165) is 29.1 Å². The van der Waals surface area contributed by atoms with Crippen LogP contribution >= 0.6 is 0 Å². The summed E-state index contributed by atoms with van der Waals surface area (Å²) >= 11 is 0. The lowest BCUT2D eigenvalue weighted by molar-refractivity contribution is 0.0827. The van der Waals surface area contributed by atoms with Crippen LogP contribution in [0.1, 0.15) is 32.9 Å². The average Bonchev–Trinajstić information content (AvgIpc) is 2.99. The van der Waals surface area contributed by atoms with Crippen molar-refractivity contribution >= 4 is 11.9 Å². The molecule has 29 heavy (non-hydrogen) atoms. The molecule has 0 saturated carbocycles. The molecule has 1 aromatic carbocycles. The van der Waals surface area contributed by atoms with Gasteiger partial charge in [0.15, 0.2) is 5.96 Å². The van der Waals surface area contributed by atoms with E-state index in [1.807, 2.05) is 35.9 Å². The van der Waals surface area contributed by atoms with E-state index in [9.17, 15) is 4.79 Å². The molecule has 2 rings (SSSR count). The minimum absolute atomic E-state index is 0.00114. The number of amides is 1. The summed E-state index contributed by atoms with van der Waals surface area (Å²) in [5.74, 6) is 0.709. The first-order chi connectivity index (χ1) is 13.9. The number of nitrogens with one attached hydrogen (secondary N) is 2. The lowest BCUT2D eigenvalue weighted by Gasteiger charge is -2.13. The summed E-state index contributed by atoms with van der Waals surface area (Å²) < 4.78 is 7.12. The number of aryl methyl sites for hydroxylation is 1. The predicted molar refractivity (Wildman–Crippen MR) is 115 cm³/mol. The third-order valence-electron chi connectivity index (χ3n) is 4.76. The van der Waals surface area contributed by atoms with Crippen molar-refractivity contribution < 1.29 is 9.53 Å². The number of ether oxygens (including phenoxy) is 1. The van der Waals surface area contributed by atoms with Crippen LogP contribution in [0.25, 0.3) is 0 Å². The van der Waals surface area contributed by atoms with E-state index in [1.165, 1.54) is 0 Å². The minimum Gasteiger partial charge on any atom is -0.383 e. The number of methoxy groups -OCH3 is 1. The number of carbonyl (C=O) groups excluding carboxylic acids is 1. The first kappa shape index (κ1) is 22.4. The summed E-state index contributed by atoms with van der Waals surface area (Å²) in [6.07, 6.45) is 0. The molecule has 0 saturated heterocycles. The monoisotopic (exact) mass is 400 g/mol. The van der Waals surface area contributed by atoms with E-state index in [4.69, 9.17) is 4.74 Å². The molecular weight excluding hydrogens is 368 g/mol. The molecule has 8 heteroatoms. The summed E-state index contributed by atoms with van der Waals surface area (Å²) in [5, 5.41) is 11.2. The Kier molecular flexibility index (Phi) is 8.21. The van der Waals surface area contributed by atoms with Crippen LogP contribution in [0.15, 0.2) is 29.3 Å². The van der Waals surface area contributed by atoms with Gasteiger partial charge in [-0.15, -0.1) is 0 Å². The van der Waals surface area contributed by atoms with E-state index in [2.05, 4.69) is 27.6 Å². The smallest absolute Gasteiger partial charge is 0.253 e. The number of carbonyl (C=O) groups is 1. The molecule has 158 valence electrons. The molecule has 0 aliphatic heterocycles. The minimum atomic E-state index is -0.00114. The predicted octanol–water partition coefficient (Wildman–Crippen LogP) is 1.71. The zero-order valence-corrected chi connectivity index (χ0v) is 18.2.